The summed E-state index contributed by atoms with van der Waals surface area (Å²) in [7, 11) is -2.46. The van der Waals surface area contributed by atoms with Gasteiger partial charge < -0.3 is 0 Å². The van der Waals surface area contributed by atoms with E-state index in [2.05, 4.69) is 0 Å². The van der Waals surface area contributed by atoms with Crippen LogP contribution in [0.4, 0.5) is 0 Å². The van der Waals surface area contributed by atoms with Gasteiger partial charge in [-0.15, -0.1) is 11.3 Å². The summed E-state index contributed by atoms with van der Waals surface area (Å²) in [6.45, 7) is 0. The van der Waals surface area contributed by atoms with E-state index in [-0.39, 0.29) is 0 Å². The molecule has 0 saturated carbocycles. The maximum absolute atomic E-state index is 10.6. The van der Waals surface area contributed by atoms with Gasteiger partial charge in [0.15, 0.2) is 10.7 Å². The third-order valence-corrected chi connectivity index (χ3v) is 3.52. The van der Waals surface area contributed by atoms with Crippen LogP contribution in [0.5, 0.6) is 0 Å². The van der Waals surface area contributed by atoms with Crippen LogP contribution in [0, 0.1) is 0 Å². The minimum atomic E-state index is -2.46. The molecule has 0 N–H and O–H groups in total. The van der Waals surface area contributed by atoms with E-state index in [0.717, 1.165) is 10.4 Å². The Labute approximate surface area is 87.8 Å². The number of hydrogen-bond donors (Lipinski definition) is 1. The summed E-state index contributed by atoms with van der Waals surface area (Å²) in [5, 5.41) is 2.00. The monoisotopic (exact) mass is 224 g/mol. The van der Waals surface area contributed by atoms with Crippen molar-refractivity contribution in [2.24, 2.45) is 0 Å². The van der Waals surface area contributed by atoms with E-state index in [1.807, 2.05) is 29.6 Å². The first kappa shape index (κ1) is 9.43. The smallest absolute Gasteiger partial charge is 0.168 e. The van der Waals surface area contributed by atoms with Crippen molar-refractivity contribution in [2.45, 2.75) is 4.90 Å². The molecule has 2 aromatic rings. The van der Waals surface area contributed by atoms with Crippen LogP contribution in [0.1, 0.15) is 0 Å². The fourth-order valence-electron chi connectivity index (χ4n) is 1.19. The van der Waals surface area contributed by atoms with Crippen LogP contribution in [0.15, 0.2) is 46.7 Å². The molecule has 1 heterocycles. The van der Waals surface area contributed by atoms with Crippen LogP contribution in [-0.2, 0) is 10.7 Å². The average molecular weight is 224 g/mol. The van der Waals surface area contributed by atoms with Crippen LogP contribution >= 0.6 is 11.3 Å². The summed E-state index contributed by atoms with van der Waals surface area (Å²) in [5.41, 5.74) is 1.06. The van der Waals surface area contributed by atoms with Gasteiger partial charge in [0.1, 0.15) is 0 Å². The first-order valence-corrected chi connectivity index (χ1v) is 6.11. The maximum atomic E-state index is 10.6. The number of thiophene rings is 1. The van der Waals surface area contributed by atoms with E-state index in [9.17, 15) is 8.42 Å². The second-order valence-electron chi connectivity index (χ2n) is 2.78. The van der Waals surface area contributed by atoms with E-state index in [1.165, 1.54) is 0 Å². The van der Waals surface area contributed by atoms with Gasteiger partial charge in [-0.25, -0.2) is 8.42 Å². The minimum Gasteiger partial charge on any atom is -0.227 e. The molecule has 0 aliphatic heterocycles. The molecule has 0 radical (unpaired) electrons. The Kier molecular flexibility index (Phi) is 2.65. The molecule has 14 heavy (non-hydrogen) atoms. The Bertz CT molecular complexity index is 473. The molecule has 72 valence electrons. The fraction of sp³-hybridized carbons (Fsp3) is 0. The van der Waals surface area contributed by atoms with Crippen LogP contribution in [-0.4, -0.2) is 8.42 Å². The molecule has 0 unspecified atom stereocenters. The lowest BCUT2D eigenvalue weighted by Crippen LogP contribution is -1.79. The maximum Gasteiger partial charge on any atom is 0.168 e. The molecule has 4 heteroatoms. The molecule has 2 rings (SSSR count). The Morgan fingerprint density at radius 1 is 1.00 bits per heavy atom. The second kappa shape index (κ2) is 3.94. The topological polar surface area (TPSA) is 34.1 Å². The molecule has 0 bridgehead atoms. The molecular formula is C10H8O2S2. The molecule has 0 saturated heterocycles. The number of benzene rings is 1. The normalized spacial score (nSPS) is 10.6. The van der Waals surface area contributed by atoms with Crippen molar-refractivity contribution >= 4 is 22.0 Å². The van der Waals surface area contributed by atoms with Gasteiger partial charge in [0.05, 0.1) is 4.90 Å². The van der Waals surface area contributed by atoms with E-state index in [0.29, 0.717) is 4.90 Å². The minimum absolute atomic E-state index is 0.361. The Morgan fingerprint density at radius 3 is 2.21 bits per heavy atom. The quantitative estimate of drug-likeness (QED) is 0.795. The van der Waals surface area contributed by atoms with Crippen molar-refractivity contribution in [1.29, 1.82) is 0 Å². The van der Waals surface area contributed by atoms with Gasteiger partial charge in [-0.05, 0) is 29.1 Å². The molecule has 0 aliphatic rings. The molecule has 0 fully saturated rings. The Hall–Kier alpha value is -1.13. The summed E-state index contributed by atoms with van der Waals surface area (Å²) >= 11 is 1.64. The van der Waals surface area contributed by atoms with Gasteiger partial charge in [-0.3, -0.25) is 0 Å². The highest BCUT2D eigenvalue weighted by molar-refractivity contribution is 7.72. The summed E-state index contributed by atoms with van der Waals surface area (Å²) in [6.07, 6.45) is 0. The van der Waals surface area contributed by atoms with Crippen molar-refractivity contribution in [3.8, 4) is 10.4 Å². The predicted octanol–water partition coefficient (Wildman–Crippen LogP) is 2.39. The van der Waals surface area contributed by atoms with Crippen molar-refractivity contribution in [3.63, 3.8) is 0 Å². The van der Waals surface area contributed by atoms with Crippen molar-refractivity contribution in [2.75, 3.05) is 0 Å². The first-order chi connectivity index (χ1) is 6.77. The molecule has 0 aliphatic carbocycles. The van der Waals surface area contributed by atoms with Crippen LogP contribution < -0.4 is 0 Å². The second-order valence-corrected chi connectivity index (χ2v) is 4.76. The van der Waals surface area contributed by atoms with Gasteiger partial charge in [0, 0.05) is 4.88 Å². The SMILES string of the molecule is O=[SH](=O)c1ccc(-c2cccs2)cc1. The number of rotatable bonds is 2. The highest BCUT2D eigenvalue weighted by Gasteiger charge is 1.99. The molecule has 2 nitrogen and oxygen atoms in total. The van der Waals surface area contributed by atoms with Gasteiger partial charge in [0.2, 0.25) is 0 Å². The van der Waals surface area contributed by atoms with E-state index >= 15 is 0 Å². The molecule has 0 amide bonds. The predicted molar refractivity (Wildman–Crippen MR) is 58.3 cm³/mol. The summed E-state index contributed by atoms with van der Waals surface area (Å²) in [4.78, 5) is 1.51. The molecule has 1 aromatic heterocycles. The van der Waals surface area contributed by atoms with Crippen LogP contribution in [0.3, 0.4) is 0 Å². The van der Waals surface area contributed by atoms with E-state index < -0.39 is 10.7 Å². The van der Waals surface area contributed by atoms with E-state index in [1.54, 1.807) is 23.5 Å². The van der Waals surface area contributed by atoms with E-state index in [4.69, 9.17) is 0 Å². The third kappa shape index (κ3) is 1.86. The molecule has 0 atom stereocenters. The number of hydrogen-bond acceptors (Lipinski definition) is 3. The Balaban J connectivity index is 2.40. The third-order valence-electron chi connectivity index (χ3n) is 1.88. The average Bonchev–Trinajstić information content (AvgIpc) is 2.71. The van der Waals surface area contributed by atoms with Crippen molar-refractivity contribution in [1.82, 2.24) is 0 Å². The summed E-state index contributed by atoms with van der Waals surface area (Å²) < 4.78 is 21.3. The lowest BCUT2D eigenvalue weighted by atomic mass is 10.2. The van der Waals surface area contributed by atoms with Gasteiger partial charge >= 0.3 is 0 Å². The lowest BCUT2D eigenvalue weighted by Gasteiger charge is -1.96. The standard InChI is InChI=1S/C10H8O2S2/c11-14(12)9-5-3-8(4-6-9)10-2-1-7-13-10/h1-7,14H. The van der Waals surface area contributed by atoms with Crippen molar-refractivity contribution < 1.29 is 8.42 Å². The van der Waals surface area contributed by atoms with Gasteiger partial charge in [-0.1, -0.05) is 18.2 Å². The molecule has 1 aromatic carbocycles. The van der Waals surface area contributed by atoms with Crippen LogP contribution in [0.2, 0.25) is 0 Å². The molecular weight excluding hydrogens is 216 g/mol. The first-order valence-electron chi connectivity index (χ1n) is 4.06. The number of thiol groups is 1. The zero-order valence-electron chi connectivity index (χ0n) is 7.21. The zero-order chi connectivity index (χ0) is 9.97. The largest absolute Gasteiger partial charge is 0.227 e. The van der Waals surface area contributed by atoms with Gasteiger partial charge in [-0.2, -0.15) is 0 Å². The summed E-state index contributed by atoms with van der Waals surface area (Å²) in [6, 6.07) is 10.9. The van der Waals surface area contributed by atoms with Gasteiger partial charge in [0.25, 0.3) is 0 Å². The zero-order valence-corrected chi connectivity index (χ0v) is 8.92. The molecule has 0 spiro atoms. The highest BCUT2D eigenvalue weighted by atomic mass is 32.2. The highest BCUT2D eigenvalue weighted by Crippen LogP contribution is 2.24. The lowest BCUT2D eigenvalue weighted by molar-refractivity contribution is 0.614. The van der Waals surface area contributed by atoms with Crippen molar-refractivity contribution in [3.05, 3.63) is 41.8 Å². The Morgan fingerprint density at radius 2 is 1.71 bits per heavy atom. The fourth-order valence-corrected chi connectivity index (χ4v) is 2.32. The van der Waals surface area contributed by atoms with Crippen LogP contribution in [0.25, 0.3) is 10.4 Å². The summed E-state index contributed by atoms with van der Waals surface area (Å²) in [5.74, 6) is 0.